The lowest BCUT2D eigenvalue weighted by molar-refractivity contribution is 0.0505. The van der Waals surface area contributed by atoms with Crippen LogP contribution in [-0.4, -0.2) is 38.7 Å². The molecule has 0 saturated heterocycles. The first-order chi connectivity index (χ1) is 13.1. The molecule has 1 unspecified atom stereocenters. The topological polar surface area (TPSA) is 89.0 Å². The van der Waals surface area contributed by atoms with Gasteiger partial charge in [0, 0.05) is 12.1 Å². The highest BCUT2D eigenvalue weighted by Gasteiger charge is 2.28. The molecule has 0 radical (unpaired) electrons. The molecule has 2 N–H and O–H groups in total. The standard InChI is InChI=1S/C19H26ClN5O2S/c1-10-16(28-11(2)22-10)15-14(20)9-21-17(25-15)23-12-6-7-13(8-12)24-18(26)27-19(3,4)5/h9,12-13H,6-8H2,1-5H3,(H,24,26)(H,21,23,25)/t12?,13-/m1/s1. The van der Waals surface area contributed by atoms with Crippen LogP contribution in [-0.2, 0) is 4.74 Å². The summed E-state index contributed by atoms with van der Waals surface area (Å²) in [5.41, 5.74) is 1.11. The first-order valence-electron chi connectivity index (χ1n) is 9.33. The summed E-state index contributed by atoms with van der Waals surface area (Å²) in [6.07, 6.45) is 3.83. The monoisotopic (exact) mass is 423 g/mol. The number of nitrogens with zero attached hydrogens (tertiary/aromatic N) is 3. The highest BCUT2D eigenvalue weighted by atomic mass is 35.5. The number of aryl methyl sites for hydroxylation is 2. The molecule has 2 atom stereocenters. The maximum absolute atomic E-state index is 12.0. The molecule has 7 nitrogen and oxygen atoms in total. The lowest BCUT2D eigenvalue weighted by atomic mass is 10.2. The molecule has 0 aromatic carbocycles. The summed E-state index contributed by atoms with van der Waals surface area (Å²) >= 11 is 7.90. The first-order valence-corrected chi connectivity index (χ1v) is 10.5. The second-order valence-electron chi connectivity index (χ2n) is 8.04. The van der Waals surface area contributed by atoms with Crippen molar-refractivity contribution in [2.24, 2.45) is 0 Å². The summed E-state index contributed by atoms with van der Waals surface area (Å²) < 4.78 is 5.33. The molecule has 1 aliphatic rings. The predicted molar refractivity (Wildman–Crippen MR) is 112 cm³/mol. The van der Waals surface area contributed by atoms with Gasteiger partial charge in [0.15, 0.2) is 0 Å². The smallest absolute Gasteiger partial charge is 0.407 e. The van der Waals surface area contributed by atoms with Gasteiger partial charge >= 0.3 is 6.09 Å². The number of thiazole rings is 1. The van der Waals surface area contributed by atoms with E-state index >= 15 is 0 Å². The van der Waals surface area contributed by atoms with Gasteiger partial charge in [-0.3, -0.25) is 0 Å². The van der Waals surface area contributed by atoms with E-state index in [1.807, 2.05) is 34.6 Å². The van der Waals surface area contributed by atoms with Gasteiger partial charge in [-0.05, 0) is 53.9 Å². The molecule has 0 spiro atoms. The Labute approximate surface area is 174 Å². The number of carbonyl (C=O) groups excluding carboxylic acids is 1. The number of aromatic nitrogens is 3. The Kier molecular flexibility index (Phi) is 6.09. The first kappa shape index (κ1) is 20.8. The largest absolute Gasteiger partial charge is 0.444 e. The van der Waals surface area contributed by atoms with Crippen molar-refractivity contribution in [1.82, 2.24) is 20.3 Å². The van der Waals surface area contributed by atoms with Crippen LogP contribution in [0.2, 0.25) is 5.02 Å². The summed E-state index contributed by atoms with van der Waals surface area (Å²) in [5.74, 6) is 0.535. The number of ether oxygens (including phenoxy) is 1. The quantitative estimate of drug-likeness (QED) is 0.739. The second kappa shape index (κ2) is 8.21. The molecular formula is C19H26ClN5O2S. The Morgan fingerprint density at radius 2 is 1.96 bits per heavy atom. The molecule has 0 aliphatic heterocycles. The highest BCUT2D eigenvalue weighted by molar-refractivity contribution is 7.15. The molecule has 28 heavy (non-hydrogen) atoms. The number of anilines is 1. The molecule has 2 aromatic heterocycles. The summed E-state index contributed by atoms with van der Waals surface area (Å²) in [7, 11) is 0. The van der Waals surface area contributed by atoms with Crippen LogP contribution in [0.3, 0.4) is 0 Å². The van der Waals surface area contributed by atoms with Crippen molar-refractivity contribution < 1.29 is 9.53 Å². The van der Waals surface area contributed by atoms with E-state index in [9.17, 15) is 4.79 Å². The van der Waals surface area contributed by atoms with Gasteiger partial charge in [0.05, 0.1) is 26.8 Å². The fourth-order valence-electron chi connectivity index (χ4n) is 3.25. The van der Waals surface area contributed by atoms with E-state index in [1.54, 1.807) is 17.5 Å². The third-order valence-electron chi connectivity index (χ3n) is 4.35. The van der Waals surface area contributed by atoms with Crippen LogP contribution in [0.25, 0.3) is 10.6 Å². The Morgan fingerprint density at radius 3 is 2.61 bits per heavy atom. The number of alkyl carbamates (subject to hydrolysis) is 1. The summed E-state index contributed by atoms with van der Waals surface area (Å²) in [6, 6.07) is 0.253. The Balaban J connectivity index is 1.63. The maximum Gasteiger partial charge on any atom is 0.407 e. The van der Waals surface area contributed by atoms with E-state index in [0.29, 0.717) is 16.7 Å². The van der Waals surface area contributed by atoms with Crippen molar-refractivity contribution in [1.29, 1.82) is 0 Å². The van der Waals surface area contributed by atoms with E-state index in [-0.39, 0.29) is 18.2 Å². The fourth-order valence-corrected chi connectivity index (χ4v) is 4.41. The van der Waals surface area contributed by atoms with Gasteiger partial charge in [0.25, 0.3) is 0 Å². The second-order valence-corrected chi connectivity index (χ2v) is 9.65. The van der Waals surface area contributed by atoms with Crippen LogP contribution in [0.4, 0.5) is 10.7 Å². The summed E-state index contributed by atoms with van der Waals surface area (Å²) in [6.45, 7) is 9.48. The van der Waals surface area contributed by atoms with Gasteiger partial charge in [0.2, 0.25) is 5.95 Å². The van der Waals surface area contributed by atoms with Gasteiger partial charge in [-0.25, -0.2) is 19.7 Å². The van der Waals surface area contributed by atoms with Crippen molar-refractivity contribution in [3.8, 4) is 10.6 Å². The number of hydrogen-bond acceptors (Lipinski definition) is 7. The van der Waals surface area contributed by atoms with Crippen LogP contribution < -0.4 is 10.6 Å². The van der Waals surface area contributed by atoms with Gasteiger partial charge in [-0.15, -0.1) is 11.3 Å². The Morgan fingerprint density at radius 1 is 1.25 bits per heavy atom. The normalized spacial score (nSPS) is 19.5. The number of hydrogen-bond donors (Lipinski definition) is 2. The highest BCUT2D eigenvalue weighted by Crippen LogP contribution is 2.34. The van der Waals surface area contributed by atoms with Crippen LogP contribution in [0.1, 0.15) is 50.7 Å². The lowest BCUT2D eigenvalue weighted by Crippen LogP contribution is -2.38. The molecular weight excluding hydrogens is 398 g/mol. The molecule has 1 fully saturated rings. The van der Waals surface area contributed by atoms with E-state index in [2.05, 4.69) is 25.6 Å². The van der Waals surface area contributed by atoms with Crippen LogP contribution in [0, 0.1) is 13.8 Å². The number of nitrogens with one attached hydrogen (secondary N) is 2. The fraction of sp³-hybridized carbons (Fsp3) is 0.579. The molecule has 1 aliphatic carbocycles. The average molecular weight is 424 g/mol. The van der Waals surface area contributed by atoms with Gasteiger partial charge < -0.3 is 15.4 Å². The van der Waals surface area contributed by atoms with Crippen LogP contribution in [0.15, 0.2) is 6.20 Å². The Bertz CT molecular complexity index is 864. The molecule has 3 rings (SSSR count). The average Bonchev–Trinajstić information content (AvgIpc) is 3.13. The summed E-state index contributed by atoms with van der Waals surface area (Å²) in [4.78, 5) is 26.3. The van der Waals surface area contributed by atoms with Crippen molar-refractivity contribution in [2.45, 2.75) is 71.6 Å². The number of rotatable bonds is 4. The van der Waals surface area contributed by atoms with Crippen molar-refractivity contribution >= 4 is 35.0 Å². The third kappa shape index (κ3) is 5.32. The molecule has 2 aromatic rings. The lowest BCUT2D eigenvalue weighted by Gasteiger charge is -2.21. The van der Waals surface area contributed by atoms with Gasteiger partial charge in [-0.2, -0.15) is 0 Å². The molecule has 0 bridgehead atoms. The van der Waals surface area contributed by atoms with Gasteiger partial charge in [0.1, 0.15) is 11.3 Å². The molecule has 9 heteroatoms. The molecule has 152 valence electrons. The molecule has 1 saturated carbocycles. The zero-order valence-corrected chi connectivity index (χ0v) is 18.4. The van der Waals surface area contributed by atoms with Crippen molar-refractivity contribution in [2.75, 3.05) is 5.32 Å². The number of carbonyl (C=O) groups is 1. The van der Waals surface area contributed by atoms with Gasteiger partial charge in [-0.1, -0.05) is 11.6 Å². The zero-order chi connectivity index (χ0) is 20.5. The van der Waals surface area contributed by atoms with Crippen molar-refractivity contribution in [3.63, 3.8) is 0 Å². The van der Waals surface area contributed by atoms with Crippen LogP contribution in [0.5, 0.6) is 0 Å². The third-order valence-corrected chi connectivity index (χ3v) is 5.71. The summed E-state index contributed by atoms with van der Waals surface area (Å²) in [5, 5.41) is 7.79. The molecule has 2 heterocycles. The van der Waals surface area contributed by atoms with E-state index in [0.717, 1.165) is 34.8 Å². The minimum absolute atomic E-state index is 0.0745. The minimum Gasteiger partial charge on any atom is -0.444 e. The predicted octanol–water partition coefficient (Wildman–Crippen LogP) is 4.73. The SMILES string of the molecule is Cc1nc(C)c(-c2nc(NC3CC[C@@H](NC(=O)OC(C)(C)C)C3)ncc2Cl)s1. The minimum atomic E-state index is -0.499. The zero-order valence-electron chi connectivity index (χ0n) is 16.8. The van der Waals surface area contributed by atoms with Crippen molar-refractivity contribution in [3.05, 3.63) is 21.9 Å². The number of halogens is 1. The van der Waals surface area contributed by atoms with E-state index in [1.165, 1.54) is 0 Å². The Hall–Kier alpha value is -1.93. The van der Waals surface area contributed by atoms with E-state index < -0.39 is 5.60 Å². The molecule has 1 amide bonds. The maximum atomic E-state index is 12.0. The van der Waals surface area contributed by atoms with E-state index in [4.69, 9.17) is 16.3 Å². The number of amides is 1. The van der Waals surface area contributed by atoms with Crippen LogP contribution >= 0.6 is 22.9 Å².